The molecule has 0 aliphatic carbocycles. The molecule has 3 aliphatic heterocycles. The predicted molar refractivity (Wildman–Crippen MR) is 110 cm³/mol. The van der Waals surface area contributed by atoms with E-state index in [9.17, 15) is 0 Å². The van der Waals surface area contributed by atoms with Gasteiger partial charge in [0.1, 0.15) is 0 Å². The van der Waals surface area contributed by atoms with Crippen LogP contribution in [0.3, 0.4) is 0 Å². The first-order valence-electron chi connectivity index (χ1n) is 10.7. The minimum absolute atomic E-state index is 0.342. The van der Waals surface area contributed by atoms with E-state index >= 15 is 0 Å². The van der Waals surface area contributed by atoms with E-state index in [-0.39, 0.29) is 0 Å². The molecular formula is C23H38N3+. The zero-order chi connectivity index (χ0) is 18.4. The lowest BCUT2D eigenvalue weighted by molar-refractivity contribution is -0.977. The van der Waals surface area contributed by atoms with Gasteiger partial charge in [-0.3, -0.25) is 4.90 Å². The quantitative estimate of drug-likeness (QED) is 0.767. The lowest BCUT2D eigenvalue weighted by Gasteiger charge is -2.56. The molecule has 1 aromatic rings. The van der Waals surface area contributed by atoms with Crippen LogP contribution in [0.2, 0.25) is 0 Å². The molecular weight excluding hydrogens is 318 g/mol. The van der Waals surface area contributed by atoms with Crippen molar-refractivity contribution in [1.29, 1.82) is 0 Å². The van der Waals surface area contributed by atoms with Gasteiger partial charge in [0, 0.05) is 31.7 Å². The standard InChI is InChI=1S/C23H38N3/c1-19-5-7-21(8-6-19)22-9-10-24(16-22)15-20-17-26(18-20)13-11-25(12-14-26)23(2,3)4/h5-8,20,22H,9-18H2,1-4H3/q+1. The van der Waals surface area contributed by atoms with Gasteiger partial charge in [-0.15, -0.1) is 0 Å². The second kappa shape index (κ2) is 6.92. The zero-order valence-electron chi connectivity index (χ0n) is 17.4. The van der Waals surface area contributed by atoms with Crippen molar-refractivity contribution in [3.05, 3.63) is 35.4 Å². The Kier molecular flexibility index (Phi) is 4.92. The molecule has 3 fully saturated rings. The fourth-order valence-corrected chi connectivity index (χ4v) is 5.56. The summed E-state index contributed by atoms with van der Waals surface area (Å²) < 4.78 is 1.41. The highest BCUT2D eigenvalue weighted by molar-refractivity contribution is 5.25. The van der Waals surface area contributed by atoms with Gasteiger partial charge in [-0.1, -0.05) is 29.8 Å². The van der Waals surface area contributed by atoms with Crippen molar-refractivity contribution in [2.45, 2.75) is 45.6 Å². The number of quaternary nitrogens is 1. The molecule has 1 atom stereocenters. The Balaban J connectivity index is 1.22. The Hall–Kier alpha value is -0.900. The first-order valence-corrected chi connectivity index (χ1v) is 10.7. The Bertz CT molecular complexity index is 599. The minimum atomic E-state index is 0.342. The topological polar surface area (TPSA) is 6.48 Å². The highest BCUT2D eigenvalue weighted by Gasteiger charge is 2.47. The van der Waals surface area contributed by atoms with Gasteiger partial charge in [-0.05, 0) is 52.1 Å². The average Bonchev–Trinajstić information content (AvgIpc) is 3.02. The molecule has 3 heteroatoms. The third-order valence-electron chi connectivity index (χ3n) is 7.27. The molecule has 1 spiro atoms. The number of likely N-dealkylation sites (tertiary alicyclic amines) is 1. The van der Waals surface area contributed by atoms with Gasteiger partial charge in [0.05, 0.1) is 32.1 Å². The van der Waals surface area contributed by atoms with Crippen molar-refractivity contribution in [3.63, 3.8) is 0 Å². The fourth-order valence-electron chi connectivity index (χ4n) is 5.56. The summed E-state index contributed by atoms with van der Waals surface area (Å²) in [7, 11) is 0. The minimum Gasteiger partial charge on any atom is -0.321 e. The number of rotatable bonds is 3. The van der Waals surface area contributed by atoms with Crippen LogP contribution in [0.1, 0.15) is 44.2 Å². The fraction of sp³-hybridized carbons (Fsp3) is 0.739. The first kappa shape index (κ1) is 18.5. The summed E-state index contributed by atoms with van der Waals surface area (Å²) in [6, 6.07) is 9.24. The molecule has 1 unspecified atom stereocenters. The number of benzene rings is 1. The molecule has 3 saturated heterocycles. The SMILES string of the molecule is Cc1ccc(C2CCN(CC3C[N+]4(CCN(C(C)(C)C)CC4)C3)C2)cc1. The van der Waals surface area contributed by atoms with Crippen LogP contribution in [0.4, 0.5) is 0 Å². The molecule has 3 aliphatic rings. The van der Waals surface area contributed by atoms with Crippen molar-refractivity contribution < 1.29 is 4.48 Å². The first-order chi connectivity index (χ1) is 12.3. The number of hydrogen-bond donors (Lipinski definition) is 0. The number of piperazine rings is 1. The van der Waals surface area contributed by atoms with Crippen LogP contribution in [-0.2, 0) is 0 Å². The maximum absolute atomic E-state index is 2.75. The highest BCUT2D eigenvalue weighted by atomic mass is 15.5. The number of aryl methyl sites for hydroxylation is 1. The average molecular weight is 357 g/mol. The largest absolute Gasteiger partial charge is 0.321 e. The maximum Gasteiger partial charge on any atom is 0.0916 e. The molecule has 0 aromatic heterocycles. The van der Waals surface area contributed by atoms with E-state index in [1.54, 1.807) is 5.56 Å². The third-order valence-corrected chi connectivity index (χ3v) is 7.27. The molecule has 0 radical (unpaired) electrons. The molecule has 144 valence electrons. The molecule has 26 heavy (non-hydrogen) atoms. The van der Waals surface area contributed by atoms with E-state index in [0.29, 0.717) is 5.54 Å². The summed E-state index contributed by atoms with van der Waals surface area (Å²) in [5, 5.41) is 0. The highest BCUT2D eigenvalue weighted by Crippen LogP contribution is 2.33. The van der Waals surface area contributed by atoms with Crippen LogP contribution in [0, 0.1) is 12.8 Å². The van der Waals surface area contributed by atoms with Crippen LogP contribution in [0.5, 0.6) is 0 Å². The second-order valence-corrected chi connectivity index (χ2v) is 10.3. The lowest BCUT2D eigenvalue weighted by Crippen LogP contribution is -2.72. The Labute approximate surface area is 160 Å². The molecule has 0 amide bonds. The summed E-state index contributed by atoms with van der Waals surface area (Å²) in [5.41, 5.74) is 3.27. The smallest absolute Gasteiger partial charge is 0.0916 e. The van der Waals surface area contributed by atoms with E-state index in [1.165, 1.54) is 75.4 Å². The van der Waals surface area contributed by atoms with Gasteiger partial charge in [0.25, 0.3) is 0 Å². The number of nitrogens with zero attached hydrogens (tertiary/aromatic N) is 3. The van der Waals surface area contributed by atoms with Crippen molar-refractivity contribution in [2.75, 3.05) is 58.9 Å². The molecule has 0 bridgehead atoms. The van der Waals surface area contributed by atoms with Crippen LogP contribution in [-0.4, -0.2) is 78.7 Å². The number of hydrogen-bond acceptors (Lipinski definition) is 2. The van der Waals surface area contributed by atoms with Crippen molar-refractivity contribution >= 4 is 0 Å². The van der Waals surface area contributed by atoms with Gasteiger partial charge in [-0.25, -0.2) is 0 Å². The summed E-state index contributed by atoms with van der Waals surface area (Å²) >= 11 is 0. The Morgan fingerprint density at radius 2 is 1.65 bits per heavy atom. The maximum atomic E-state index is 2.75. The van der Waals surface area contributed by atoms with Crippen LogP contribution < -0.4 is 0 Å². The van der Waals surface area contributed by atoms with Gasteiger partial charge < -0.3 is 9.38 Å². The van der Waals surface area contributed by atoms with E-state index in [4.69, 9.17) is 0 Å². The van der Waals surface area contributed by atoms with E-state index < -0.39 is 0 Å². The molecule has 3 heterocycles. The van der Waals surface area contributed by atoms with Crippen molar-refractivity contribution in [2.24, 2.45) is 5.92 Å². The van der Waals surface area contributed by atoms with Crippen LogP contribution in [0.25, 0.3) is 0 Å². The van der Waals surface area contributed by atoms with Crippen molar-refractivity contribution in [1.82, 2.24) is 9.80 Å². The molecule has 4 rings (SSSR count). The molecule has 1 aromatic carbocycles. The molecule has 0 N–H and O–H groups in total. The van der Waals surface area contributed by atoms with Crippen LogP contribution >= 0.6 is 0 Å². The monoisotopic (exact) mass is 356 g/mol. The van der Waals surface area contributed by atoms with Crippen molar-refractivity contribution in [3.8, 4) is 0 Å². The Morgan fingerprint density at radius 3 is 2.27 bits per heavy atom. The summed E-state index contributed by atoms with van der Waals surface area (Å²) in [6.07, 6.45) is 1.34. The lowest BCUT2D eigenvalue weighted by atomic mass is 9.92. The second-order valence-electron chi connectivity index (χ2n) is 10.3. The van der Waals surface area contributed by atoms with E-state index in [1.807, 2.05) is 0 Å². The molecule has 3 nitrogen and oxygen atoms in total. The summed E-state index contributed by atoms with van der Waals surface area (Å²) in [5.74, 6) is 1.70. The van der Waals surface area contributed by atoms with Gasteiger partial charge in [-0.2, -0.15) is 0 Å². The van der Waals surface area contributed by atoms with Gasteiger partial charge in [0.15, 0.2) is 0 Å². The predicted octanol–water partition coefficient (Wildman–Crippen LogP) is 3.35. The summed E-state index contributed by atoms with van der Waals surface area (Å²) in [6.45, 7) is 21.4. The normalized spacial score (nSPS) is 27.8. The Morgan fingerprint density at radius 1 is 1.00 bits per heavy atom. The van der Waals surface area contributed by atoms with Crippen LogP contribution in [0.15, 0.2) is 24.3 Å². The molecule has 0 saturated carbocycles. The van der Waals surface area contributed by atoms with E-state index in [2.05, 4.69) is 61.8 Å². The zero-order valence-corrected chi connectivity index (χ0v) is 17.4. The third kappa shape index (κ3) is 3.85. The van der Waals surface area contributed by atoms with E-state index in [0.717, 1.165) is 11.8 Å². The van der Waals surface area contributed by atoms with Gasteiger partial charge >= 0.3 is 0 Å². The summed E-state index contributed by atoms with van der Waals surface area (Å²) in [4.78, 5) is 5.42. The van der Waals surface area contributed by atoms with Gasteiger partial charge in [0.2, 0.25) is 0 Å².